The Morgan fingerprint density at radius 1 is 0.952 bits per heavy atom. The van der Waals surface area contributed by atoms with Gasteiger partial charge in [-0.25, -0.2) is 0 Å². The van der Waals surface area contributed by atoms with Crippen molar-refractivity contribution in [1.29, 1.82) is 0 Å². The van der Waals surface area contributed by atoms with Gasteiger partial charge in [0.15, 0.2) is 0 Å². The third-order valence-electron chi connectivity index (χ3n) is 3.88. The predicted octanol–water partition coefficient (Wildman–Crippen LogP) is 5.84. The van der Waals surface area contributed by atoms with E-state index in [2.05, 4.69) is 62.5 Å². The Labute approximate surface area is 133 Å². The van der Waals surface area contributed by atoms with Crippen molar-refractivity contribution in [2.24, 2.45) is 0 Å². The van der Waals surface area contributed by atoms with E-state index < -0.39 is 0 Å². The van der Waals surface area contributed by atoms with E-state index in [9.17, 15) is 0 Å². The van der Waals surface area contributed by atoms with Crippen LogP contribution in [0.1, 0.15) is 55.5 Å². The van der Waals surface area contributed by atoms with E-state index in [0.29, 0.717) is 12.1 Å². The summed E-state index contributed by atoms with van der Waals surface area (Å²) in [4.78, 5) is 0. The summed E-state index contributed by atoms with van der Waals surface area (Å²) < 4.78 is 0. The Bertz CT molecular complexity index is 545. The van der Waals surface area contributed by atoms with E-state index in [1.807, 2.05) is 12.1 Å². The van der Waals surface area contributed by atoms with Crippen LogP contribution >= 0.6 is 11.6 Å². The van der Waals surface area contributed by atoms with Gasteiger partial charge in [0.05, 0.1) is 0 Å². The maximum Gasteiger partial charge on any atom is 0.0406 e. The lowest BCUT2D eigenvalue weighted by Gasteiger charge is -2.24. The summed E-state index contributed by atoms with van der Waals surface area (Å²) in [5.74, 6) is 0. The summed E-state index contributed by atoms with van der Waals surface area (Å²) in [5.41, 5.74) is 3.93. The molecule has 2 aromatic carbocycles. The van der Waals surface area contributed by atoms with Crippen LogP contribution < -0.4 is 5.32 Å². The van der Waals surface area contributed by atoms with Crippen molar-refractivity contribution in [3.05, 3.63) is 70.2 Å². The molecule has 112 valence electrons. The Kier molecular flexibility index (Phi) is 5.84. The smallest absolute Gasteiger partial charge is 0.0406 e. The van der Waals surface area contributed by atoms with Crippen LogP contribution in [0.5, 0.6) is 0 Å². The van der Waals surface area contributed by atoms with Crippen LogP contribution in [0.4, 0.5) is 0 Å². The molecule has 1 unspecified atom stereocenters. The molecule has 0 spiro atoms. The van der Waals surface area contributed by atoms with Crippen LogP contribution in [0, 0.1) is 6.92 Å². The molecule has 1 nitrogen and oxygen atoms in total. The molecule has 2 rings (SSSR count). The maximum atomic E-state index is 5.99. The number of nitrogens with one attached hydrogen (secondary N) is 1. The number of halogens is 1. The lowest BCUT2D eigenvalue weighted by Crippen LogP contribution is -2.24. The van der Waals surface area contributed by atoms with Gasteiger partial charge in [-0.3, -0.25) is 0 Å². The molecule has 21 heavy (non-hydrogen) atoms. The number of rotatable bonds is 6. The third-order valence-corrected chi connectivity index (χ3v) is 4.13. The Morgan fingerprint density at radius 2 is 1.52 bits per heavy atom. The number of aryl methyl sites for hydroxylation is 1. The highest BCUT2D eigenvalue weighted by Crippen LogP contribution is 2.24. The van der Waals surface area contributed by atoms with Crippen molar-refractivity contribution >= 4 is 11.6 Å². The molecule has 0 radical (unpaired) electrons. The molecule has 2 aromatic rings. The highest BCUT2D eigenvalue weighted by atomic mass is 35.5. The molecular formula is C19H24ClN. The molecule has 0 amide bonds. The third kappa shape index (κ3) is 4.59. The highest BCUT2D eigenvalue weighted by molar-refractivity contribution is 6.30. The van der Waals surface area contributed by atoms with Crippen LogP contribution in [0.3, 0.4) is 0 Å². The van der Waals surface area contributed by atoms with Gasteiger partial charge in [0, 0.05) is 17.1 Å². The molecule has 0 aliphatic heterocycles. The van der Waals surface area contributed by atoms with Crippen molar-refractivity contribution in [2.45, 2.75) is 45.7 Å². The zero-order chi connectivity index (χ0) is 15.2. The van der Waals surface area contributed by atoms with Gasteiger partial charge in [-0.2, -0.15) is 0 Å². The maximum absolute atomic E-state index is 5.99. The van der Waals surface area contributed by atoms with E-state index >= 15 is 0 Å². The van der Waals surface area contributed by atoms with E-state index in [-0.39, 0.29) is 0 Å². The second-order valence-electron chi connectivity index (χ2n) is 5.69. The molecule has 0 aromatic heterocycles. The van der Waals surface area contributed by atoms with Gasteiger partial charge in [0.25, 0.3) is 0 Å². The fourth-order valence-electron chi connectivity index (χ4n) is 2.58. The summed E-state index contributed by atoms with van der Waals surface area (Å²) in [6, 6.07) is 17.6. The summed E-state index contributed by atoms with van der Waals surface area (Å²) in [6.45, 7) is 6.57. The van der Waals surface area contributed by atoms with Gasteiger partial charge in [-0.1, -0.05) is 66.9 Å². The van der Waals surface area contributed by atoms with Gasteiger partial charge < -0.3 is 5.32 Å². The van der Waals surface area contributed by atoms with Crippen LogP contribution in [0.25, 0.3) is 0 Å². The van der Waals surface area contributed by atoms with Gasteiger partial charge in [0.2, 0.25) is 0 Å². The summed E-state index contributed by atoms with van der Waals surface area (Å²) >= 11 is 5.99. The number of hydrogen-bond donors (Lipinski definition) is 1. The van der Waals surface area contributed by atoms with Crippen molar-refractivity contribution in [1.82, 2.24) is 5.32 Å². The van der Waals surface area contributed by atoms with Crippen LogP contribution in [0.15, 0.2) is 48.5 Å². The SMILES string of the molecule is CCCC(N[C@H](C)c1ccc(C)cc1)c1ccc(Cl)cc1. The molecule has 0 saturated carbocycles. The molecule has 0 fully saturated rings. The monoisotopic (exact) mass is 301 g/mol. The lowest BCUT2D eigenvalue weighted by atomic mass is 9.99. The molecule has 2 heteroatoms. The first kappa shape index (κ1) is 16.1. The first-order valence-electron chi connectivity index (χ1n) is 7.68. The van der Waals surface area contributed by atoms with E-state index in [1.165, 1.54) is 16.7 Å². The van der Waals surface area contributed by atoms with Gasteiger partial charge in [-0.15, -0.1) is 0 Å². The Hall–Kier alpha value is -1.31. The highest BCUT2D eigenvalue weighted by Gasteiger charge is 2.14. The van der Waals surface area contributed by atoms with Crippen molar-refractivity contribution in [3.8, 4) is 0 Å². The normalized spacial score (nSPS) is 13.9. The zero-order valence-electron chi connectivity index (χ0n) is 13.1. The molecule has 0 heterocycles. The minimum Gasteiger partial charge on any atom is -0.303 e. The van der Waals surface area contributed by atoms with Gasteiger partial charge in [0.1, 0.15) is 0 Å². The van der Waals surface area contributed by atoms with Gasteiger partial charge >= 0.3 is 0 Å². The fraction of sp³-hybridized carbons (Fsp3) is 0.368. The van der Waals surface area contributed by atoms with E-state index in [0.717, 1.165) is 17.9 Å². The first-order chi connectivity index (χ1) is 10.1. The molecule has 0 aliphatic carbocycles. The largest absolute Gasteiger partial charge is 0.303 e. The molecule has 0 aliphatic rings. The minimum absolute atomic E-state index is 0.331. The summed E-state index contributed by atoms with van der Waals surface area (Å²) in [7, 11) is 0. The van der Waals surface area contributed by atoms with Crippen LogP contribution in [0.2, 0.25) is 5.02 Å². The summed E-state index contributed by atoms with van der Waals surface area (Å²) in [5, 5.41) is 4.54. The van der Waals surface area contributed by atoms with Gasteiger partial charge in [-0.05, 0) is 43.5 Å². The average molecular weight is 302 g/mol. The van der Waals surface area contributed by atoms with Crippen molar-refractivity contribution < 1.29 is 0 Å². The van der Waals surface area contributed by atoms with Crippen molar-refractivity contribution in [3.63, 3.8) is 0 Å². The Balaban J connectivity index is 2.11. The first-order valence-corrected chi connectivity index (χ1v) is 8.06. The predicted molar refractivity (Wildman–Crippen MR) is 91.8 cm³/mol. The molecule has 2 atom stereocenters. The zero-order valence-corrected chi connectivity index (χ0v) is 13.8. The Morgan fingerprint density at radius 3 is 2.10 bits per heavy atom. The minimum atomic E-state index is 0.331. The molecular weight excluding hydrogens is 278 g/mol. The second-order valence-corrected chi connectivity index (χ2v) is 6.13. The fourth-order valence-corrected chi connectivity index (χ4v) is 2.71. The van der Waals surface area contributed by atoms with Crippen LogP contribution in [-0.4, -0.2) is 0 Å². The quantitative estimate of drug-likeness (QED) is 0.706. The van der Waals surface area contributed by atoms with E-state index in [4.69, 9.17) is 11.6 Å². The number of hydrogen-bond acceptors (Lipinski definition) is 1. The van der Waals surface area contributed by atoms with Crippen LogP contribution in [-0.2, 0) is 0 Å². The molecule has 0 bridgehead atoms. The standard InChI is InChI=1S/C19H24ClN/c1-4-5-19(17-10-12-18(20)13-11-17)21-15(3)16-8-6-14(2)7-9-16/h6-13,15,19,21H,4-5H2,1-3H3/t15-,19?/m1/s1. The lowest BCUT2D eigenvalue weighted by molar-refractivity contribution is 0.439. The topological polar surface area (TPSA) is 12.0 Å². The number of benzene rings is 2. The average Bonchev–Trinajstić information content (AvgIpc) is 2.48. The van der Waals surface area contributed by atoms with Crippen molar-refractivity contribution in [2.75, 3.05) is 0 Å². The second kappa shape index (κ2) is 7.63. The summed E-state index contributed by atoms with van der Waals surface area (Å²) in [6.07, 6.45) is 2.28. The van der Waals surface area contributed by atoms with E-state index in [1.54, 1.807) is 0 Å². The molecule has 0 saturated heterocycles. The molecule has 1 N–H and O–H groups in total.